The molecule has 2 heterocycles. The van der Waals surface area contributed by atoms with E-state index in [1.165, 1.54) is 12.8 Å². The fourth-order valence-corrected chi connectivity index (χ4v) is 7.57. The Morgan fingerprint density at radius 1 is 0.980 bits per heavy atom. The van der Waals surface area contributed by atoms with Crippen LogP contribution in [0.1, 0.15) is 102 Å². The number of fused-ring (bicyclic) bond motifs is 1. The molecular weight excluding hydrogens is 624 g/mol. The average Bonchev–Trinajstić information content (AvgIpc) is 3.08. The van der Waals surface area contributed by atoms with Crippen LogP contribution in [0.15, 0.2) is 48.5 Å². The zero-order chi connectivity index (χ0) is 35.1. The van der Waals surface area contributed by atoms with Crippen molar-refractivity contribution in [2.75, 3.05) is 25.0 Å². The highest BCUT2D eigenvalue weighted by Gasteiger charge is 2.46. The second-order valence-electron chi connectivity index (χ2n) is 14.7. The zero-order valence-corrected chi connectivity index (χ0v) is 29.6. The molecule has 4 N–H and O–H groups in total. The van der Waals surface area contributed by atoms with Gasteiger partial charge in [0.1, 0.15) is 6.54 Å². The highest BCUT2D eigenvalue weighted by Crippen LogP contribution is 2.44. The molecule has 0 bridgehead atoms. The molecule has 11 heteroatoms. The van der Waals surface area contributed by atoms with Crippen molar-refractivity contribution in [3.8, 4) is 0 Å². The van der Waals surface area contributed by atoms with E-state index >= 15 is 0 Å². The lowest BCUT2D eigenvalue weighted by Gasteiger charge is -2.51. The molecule has 11 nitrogen and oxygen atoms in total. The molecule has 7 unspecified atom stereocenters. The van der Waals surface area contributed by atoms with Crippen molar-refractivity contribution in [2.24, 2.45) is 11.8 Å². The first-order valence-corrected chi connectivity index (χ1v) is 17.8. The number of rotatable bonds is 10. The quantitative estimate of drug-likeness (QED) is 0.239. The van der Waals surface area contributed by atoms with Crippen LogP contribution in [-0.2, 0) is 30.4 Å². The number of piperidine rings is 1. The largest absolute Gasteiger partial charge is 0.465 e. The zero-order valence-electron chi connectivity index (χ0n) is 29.6. The molecule has 3 fully saturated rings. The van der Waals surface area contributed by atoms with Crippen LogP contribution in [-0.4, -0.2) is 71.3 Å². The molecule has 0 aromatic heterocycles. The Bertz CT molecular complexity index is 1430. The first kappa shape index (κ1) is 36.8. The Balaban J connectivity index is 1.41. The summed E-state index contributed by atoms with van der Waals surface area (Å²) in [5, 5.41) is 18.2. The summed E-state index contributed by atoms with van der Waals surface area (Å²) in [7, 11) is 0. The van der Waals surface area contributed by atoms with E-state index in [1.807, 2.05) is 63.2 Å². The monoisotopic (exact) mass is 678 g/mol. The second kappa shape index (κ2) is 16.5. The van der Waals surface area contributed by atoms with Gasteiger partial charge in [0.05, 0.1) is 31.5 Å². The minimum Gasteiger partial charge on any atom is -0.465 e. The Kier molecular flexibility index (Phi) is 12.4. The molecule has 1 aliphatic carbocycles. The topological polar surface area (TPSA) is 138 Å². The molecule has 3 aliphatic rings. The lowest BCUT2D eigenvalue weighted by Crippen LogP contribution is -2.61. The van der Waals surface area contributed by atoms with Gasteiger partial charge in [-0.15, -0.1) is 0 Å². The third kappa shape index (κ3) is 9.60. The summed E-state index contributed by atoms with van der Waals surface area (Å²) in [5.41, 5.74) is 2.71. The van der Waals surface area contributed by atoms with Gasteiger partial charge in [0.25, 0.3) is 0 Å². The van der Waals surface area contributed by atoms with Gasteiger partial charge in [-0.25, -0.2) is 4.79 Å². The molecule has 2 aliphatic heterocycles. The Labute approximate surface area is 290 Å². The summed E-state index contributed by atoms with van der Waals surface area (Å²) in [5.74, 6) is 0.0726. The molecule has 2 aromatic carbocycles. The number of likely N-dealkylation sites (tertiary alicyclic amines) is 1. The van der Waals surface area contributed by atoms with Gasteiger partial charge in [-0.05, 0) is 82.6 Å². The molecule has 7 atom stereocenters. The average molecular weight is 679 g/mol. The van der Waals surface area contributed by atoms with Crippen molar-refractivity contribution in [3.05, 3.63) is 65.2 Å². The maximum atomic E-state index is 13.8. The Hall–Kier alpha value is -3.51. The van der Waals surface area contributed by atoms with Gasteiger partial charge in [0.2, 0.25) is 5.91 Å². The second-order valence-corrected chi connectivity index (χ2v) is 14.7. The van der Waals surface area contributed by atoms with E-state index in [2.05, 4.69) is 27.8 Å². The number of aliphatic hydroxyl groups is 1. The fraction of sp³-hybridized carbons (Fsp3) is 0.605. The van der Waals surface area contributed by atoms with Crippen LogP contribution in [0.4, 0.5) is 10.5 Å². The summed E-state index contributed by atoms with van der Waals surface area (Å²) in [6, 6.07) is 14.7. The van der Waals surface area contributed by atoms with Crippen molar-refractivity contribution in [1.82, 2.24) is 15.5 Å². The Morgan fingerprint density at radius 3 is 2.45 bits per heavy atom. The van der Waals surface area contributed by atoms with E-state index < -0.39 is 18.3 Å². The minimum atomic E-state index is -0.748. The molecule has 49 heavy (non-hydrogen) atoms. The summed E-state index contributed by atoms with van der Waals surface area (Å²) in [6.07, 6.45) is 5.19. The highest BCUT2D eigenvalue weighted by atomic mass is 16.7. The first-order valence-electron chi connectivity index (χ1n) is 17.8. The molecule has 1 saturated carbocycles. The van der Waals surface area contributed by atoms with Crippen LogP contribution in [0.3, 0.4) is 0 Å². The first-order chi connectivity index (χ1) is 23.5. The number of hydrogen-bond donors (Lipinski definition) is 4. The van der Waals surface area contributed by atoms with Gasteiger partial charge in [-0.3, -0.25) is 14.5 Å². The fourth-order valence-electron chi connectivity index (χ4n) is 7.57. The van der Waals surface area contributed by atoms with E-state index in [0.717, 1.165) is 42.4 Å². The van der Waals surface area contributed by atoms with Gasteiger partial charge >= 0.3 is 12.0 Å². The molecule has 2 aromatic rings. The number of esters is 1. The van der Waals surface area contributed by atoms with Crippen LogP contribution in [0.5, 0.6) is 0 Å². The van der Waals surface area contributed by atoms with Crippen LogP contribution in [0.25, 0.3) is 0 Å². The van der Waals surface area contributed by atoms with E-state index in [1.54, 1.807) is 13.0 Å². The third-order valence-corrected chi connectivity index (χ3v) is 9.94. The molecule has 268 valence electrons. The summed E-state index contributed by atoms with van der Waals surface area (Å²) >= 11 is 0. The van der Waals surface area contributed by atoms with E-state index in [0.29, 0.717) is 24.2 Å². The van der Waals surface area contributed by atoms with Crippen molar-refractivity contribution >= 4 is 23.6 Å². The maximum Gasteiger partial charge on any atom is 0.325 e. The summed E-state index contributed by atoms with van der Waals surface area (Å²) in [4.78, 5) is 40.5. The Morgan fingerprint density at radius 2 is 1.73 bits per heavy atom. The number of nitrogens with zero attached hydrogens (tertiary/aromatic N) is 1. The van der Waals surface area contributed by atoms with Crippen LogP contribution >= 0.6 is 0 Å². The SMILES string of the molecule is CCOC(=O)CNC(=O)Nc1cccc(C2OC(CN3C(C(=O)NC(C)(C)C)CCC4CCCCC43)C(C)C(c3ccc(CO)cc3)O2)c1. The van der Waals surface area contributed by atoms with Crippen molar-refractivity contribution in [3.63, 3.8) is 0 Å². The number of carbonyl (C=O) groups is 3. The number of aliphatic hydroxyl groups excluding tert-OH is 1. The summed E-state index contributed by atoms with van der Waals surface area (Å²) in [6.45, 7) is 10.5. The number of anilines is 1. The molecule has 5 rings (SSSR count). The van der Waals surface area contributed by atoms with E-state index in [9.17, 15) is 19.5 Å². The summed E-state index contributed by atoms with van der Waals surface area (Å²) < 4.78 is 18.4. The number of nitrogens with one attached hydrogen (secondary N) is 3. The van der Waals surface area contributed by atoms with Crippen LogP contribution < -0.4 is 16.0 Å². The molecular formula is C38H54N4O7. The lowest BCUT2D eigenvalue weighted by atomic mass is 9.75. The van der Waals surface area contributed by atoms with Gasteiger partial charge in [0.15, 0.2) is 6.29 Å². The predicted octanol–water partition coefficient (Wildman–Crippen LogP) is 5.59. The van der Waals surface area contributed by atoms with Crippen molar-refractivity contribution < 1.29 is 33.7 Å². The third-order valence-electron chi connectivity index (χ3n) is 9.94. The number of carbonyl (C=O) groups excluding carboxylic acids is 3. The number of amides is 3. The van der Waals surface area contributed by atoms with E-state index in [4.69, 9.17) is 14.2 Å². The van der Waals surface area contributed by atoms with E-state index in [-0.39, 0.29) is 55.4 Å². The lowest BCUT2D eigenvalue weighted by molar-refractivity contribution is -0.278. The van der Waals surface area contributed by atoms with Crippen LogP contribution in [0.2, 0.25) is 0 Å². The molecule has 2 saturated heterocycles. The number of hydrogen-bond acceptors (Lipinski definition) is 8. The van der Waals surface area contributed by atoms with Crippen molar-refractivity contribution in [2.45, 2.75) is 116 Å². The molecule has 0 radical (unpaired) electrons. The number of urea groups is 1. The molecule has 3 amide bonds. The smallest absolute Gasteiger partial charge is 0.325 e. The van der Waals surface area contributed by atoms with Crippen LogP contribution in [0, 0.1) is 11.8 Å². The maximum absolute atomic E-state index is 13.8. The normalized spacial score (nSPS) is 27.4. The standard InChI is InChI=1S/C38H54N4O7/c1-6-47-33(44)21-39-37(46)40-29-12-9-11-28(20-29)36-48-32(24(2)34(49-36)27-16-14-25(23-43)15-17-27)22-42-30-13-8-7-10-26(30)18-19-31(42)35(45)41-38(3,4)5/h9,11-12,14-17,20,24,26,30-32,34,36,43H,6-8,10,13,18-19,21-23H2,1-5H3,(H,41,45)(H2,39,40,46). The highest BCUT2D eigenvalue weighted by molar-refractivity contribution is 5.91. The number of ether oxygens (including phenoxy) is 3. The van der Waals surface area contributed by atoms with Gasteiger partial charge < -0.3 is 35.3 Å². The van der Waals surface area contributed by atoms with Gasteiger partial charge in [-0.2, -0.15) is 0 Å². The van der Waals surface area contributed by atoms with Crippen molar-refractivity contribution in [1.29, 1.82) is 0 Å². The predicted molar refractivity (Wildman–Crippen MR) is 186 cm³/mol. The number of benzene rings is 2. The van der Waals surface area contributed by atoms with Gasteiger partial charge in [-0.1, -0.05) is 56.2 Å². The molecule has 0 spiro atoms. The van der Waals surface area contributed by atoms with Gasteiger partial charge in [0, 0.05) is 35.3 Å². The minimum absolute atomic E-state index is 0.0432.